The quantitative estimate of drug-likeness (QED) is 0.637. The fourth-order valence-corrected chi connectivity index (χ4v) is 5.91. The van der Waals surface area contributed by atoms with Crippen molar-refractivity contribution in [3.8, 4) is 5.75 Å². The summed E-state index contributed by atoms with van der Waals surface area (Å²) < 4.78 is 6.16. The maximum absolute atomic E-state index is 13.5. The van der Waals surface area contributed by atoms with E-state index in [4.69, 9.17) is 4.74 Å². The van der Waals surface area contributed by atoms with Gasteiger partial charge in [-0.1, -0.05) is 18.2 Å². The van der Waals surface area contributed by atoms with E-state index in [-0.39, 0.29) is 30.6 Å². The third-order valence-electron chi connectivity index (χ3n) is 7.48. The Hall–Kier alpha value is -2.74. The van der Waals surface area contributed by atoms with Crippen LogP contribution >= 0.6 is 0 Å². The summed E-state index contributed by atoms with van der Waals surface area (Å²) in [6.45, 7) is 3.25. The van der Waals surface area contributed by atoms with E-state index < -0.39 is 35.6 Å². The van der Waals surface area contributed by atoms with E-state index in [0.717, 1.165) is 5.56 Å². The second-order valence-electron chi connectivity index (χ2n) is 9.30. The van der Waals surface area contributed by atoms with E-state index in [1.54, 1.807) is 38.1 Å². The lowest BCUT2D eigenvalue weighted by Crippen LogP contribution is -2.54. The second kappa shape index (κ2) is 7.40. The van der Waals surface area contributed by atoms with Crippen molar-refractivity contribution < 1.29 is 29.6 Å². The lowest BCUT2D eigenvalue weighted by molar-refractivity contribution is -0.274. The summed E-state index contributed by atoms with van der Waals surface area (Å²) in [4.78, 5) is 27.9. The summed E-state index contributed by atoms with van der Waals surface area (Å²) in [5, 5.41) is 31.8. The molecule has 0 bridgehead atoms. The molecule has 2 aromatic carbocycles. The topological polar surface area (TPSA) is 107 Å². The van der Waals surface area contributed by atoms with E-state index >= 15 is 0 Å². The number of carbonyl (C=O) groups is 2. The Kier molecular flexibility index (Phi) is 4.89. The smallest absolute Gasteiger partial charge is 0.238 e. The molecule has 7 heteroatoms. The van der Waals surface area contributed by atoms with Gasteiger partial charge in [0.25, 0.3) is 0 Å². The minimum atomic E-state index is -1.71. The number of aromatic hydroxyl groups is 1. The molecule has 3 N–H and O–H groups in total. The number of ether oxygens (including phenoxy) is 1. The number of hydrogen-bond donors (Lipinski definition) is 3. The van der Waals surface area contributed by atoms with Crippen molar-refractivity contribution in [1.82, 2.24) is 0 Å². The molecule has 168 valence electrons. The number of benzene rings is 2. The van der Waals surface area contributed by atoms with Gasteiger partial charge in [0, 0.05) is 11.8 Å². The van der Waals surface area contributed by atoms with Crippen LogP contribution in [0.25, 0.3) is 0 Å². The van der Waals surface area contributed by atoms with Crippen molar-refractivity contribution in [2.75, 3.05) is 11.5 Å². The minimum absolute atomic E-state index is 0.183. The highest BCUT2D eigenvalue weighted by Gasteiger charge is 2.66. The average Bonchev–Trinajstić information content (AvgIpc) is 3.25. The first-order valence-electron chi connectivity index (χ1n) is 11.0. The first kappa shape index (κ1) is 21.1. The highest BCUT2D eigenvalue weighted by molar-refractivity contribution is 6.22. The molecule has 32 heavy (non-hydrogen) atoms. The van der Waals surface area contributed by atoms with Crippen LogP contribution < -0.4 is 4.90 Å². The van der Waals surface area contributed by atoms with Crippen molar-refractivity contribution in [1.29, 1.82) is 0 Å². The van der Waals surface area contributed by atoms with Crippen molar-refractivity contribution >= 4 is 17.5 Å². The van der Waals surface area contributed by atoms with Crippen molar-refractivity contribution in [3.63, 3.8) is 0 Å². The van der Waals surface area contributed by atoms with Gasteiger partial charge in [-0.25, -0.2) is 0 Å². The van der Waals surface area contributed by atoms with Gasteiger partial charge in [-0.2, -0.15) is 0 Å². The summed E-state index contributed by atoms with van der Waals surface area (Å²) >= 11 is 0. The van der Waals surface area contributed by atoms with Gasteiger partial charge in [0.15, 0.2) is 5.79 Å². The van der Waals surface area contributed by atoms with Gasteiger partial charge < -0.3 is 20.1 Å². The van der Waals surface area contributed by atoms with Gasteiger partial charge in [0.05, 0.1) is 30.2 Å². The molecule has 0 radical (unpaired) electrons. The van der Waals surface area contributed by atoms with E-state index in [2.05, 4.69) is 0 Å². The molecule has 0 spiro atoms. The van der Waals surface area contributed by atoms with Crippen LogP contribution in [-0.2, 0) is 14.3 Å². The summed E-state index contributed by atoms with van der Waals surface area (Å²) in [5.41, 5.74) is 2.71. The summed E-state index contributed by atoms with van der Waals surface area (Å²) in [6, 6.07) is 12.4. The van der Waals surface area contributed by atoms with Crippen LogP contribution in [0.4, 0.5) is 5.69 Å². The number of aliphatic hydroxyl groups is 2. The molecule has 3 fully saturated rings. The fraction of sp³-hybridized carbons (Fsp3) is 0.440. The third-order valence-corrected chi connectivity index (χ3v) is 7.48. The van der Waals surface area contributed by atoms with Crippen LogP contribution in [0, 0.1) is 37.5 Å². The molecule has 7 nitrogen and oxygen atoms in total. The Morgan fingerprint density at radius 1 is 1.06 bits per heavy atom. The molecular weight excluding hydrogens is 410 g/mol. The minimum Gasteiger partial charge on any atom is -0.507 e. The van der Waals surface area contributed by atoms with Gasteiger partial charge in [-0.15, -0.1) is 0 Å². The van der Waals surface area contributed by atoms with Gasteiger partial charge in [0.1, 0.15) is 5.75 Å². The fourth-order valence-electron chi connectivity index (χ4n) is 5.91. The molecule has 2 saturated heterocycles. The number of aliphatic hydroxyl groups excluding tert-OH is 1. The monoisotopic (exact) mass is 437 g/mol. The Morgan fingerprint density at radius 3 is 2.34 bits per heavy atom. The van der Waals surface area contributed by atoms with Crippen LogP contribution in [-0.4, -0.2) is 39.5 Å². The molecule has 3 aliphatic rings. The van der Waals surface area contributed by atoms with Crippen LogP contribution in [0.15, 0.2) is 42.5 Å². The van der Waals surface area contributed by atoms with Crippen LogP contribution in [0.1, 0.15) is 35.6 Å². The maximum Gasteiger partial charge on any atom is 0.238 e. The Bertz CT molecular complexity index is 1060. The van der Waals surface area contributed by atoms with E-state index in [9.17, 15) is 24.9 Å². The average molecular weight is 437 g/mol. The van der Waals surface area contributed by atoms with Crippen LogP contribution in [0.2, 0.25) is 0 Å². The standard InChI is InChI=1S/C25H27NO6/c1-13-8-15(9-14(2)22(13)28)20-11-19-21-18(10-16(12-27)25(19,31)32-20)23(29)26(24(21)30)17-6-4-3-5-7-17/h3-9,16,18-21,27-28,31H,10-12H2,1-2H3/t16-,18+,19+,20+,21+,25-/m1/s1. The van der Waals surface area contributed by atoms with Gasteiger partial charge in [-0.05, 0) is 67.6 Å². The number of fused-ring (bicyclic) bond motifs is 3. The lowest BCUT2D eigenvalue weighted by atomic mass is 9.64. The van der Waals surface area contributed by atoms with Crippen molar-refractivity contribution in [2.45, 2.75) is 38.6 Å². The molecule has 0 unspecified atom stereocenters. The zero-order chi connectivity index (χ0) is 22.8. The molecule has 2 amide bonds. The second-order valence-corrected chi connectivity index (χ2v) is 9.30. The maximum atomic E-state index is 13.5. The van der Waals surface area contributed by atoms with Crippen molar-refractivity contribution in [2.24, 2.45) is 23.7 Å². The van der Waals surface area contributed by atoms with E-state index in [0.29, 0.717) is 23.2 Å². The predicted molar refractivity (Wildman–Crippen MR) is 116 cm³/mol. The molecule has 2 aliphatic heterocycles. The largest absolute Gasteiger partial charge is 0.507 e. The number of nitrogens with zero attached hydrogens (tertiary/aromatic N) is 1. The molecule has 2 aromatic rings. The zero-order valence-electron chi connectivity index (χ0n) is 18.1. The number of anilines is 1. The zero-order valence-corrected chi connectivity index (χ0v) is 18.1. The Morgan fingerprint density at radius 2 is 1.72 bits per heavy atom. The number of phenols is 1. The number of hydrogen-bond acceptors (Lipinski definition) is 6. The van der Waals surface area contributed by atoms with Crippen LogP contribution in [0.3, 0.4) is 0 Å². The molecule has 1 aliphatic carbocycles. The number of aryl methyl sites for hydroxylation is 2. The number of phenolic OH excluding ortho intramolecular Hbond substituents is 1. The number of para-hydroxylation sites is 1. The first-order valence-corrected chi connectivity index (χ1v) is 11.0. The molecular formula is C25H27NO6. The van der Waals surface area contributed by atoms with Crippen molar-refractivity contribution in [3.05, 3.63) is 59.2 Å². The van der Waals surface area contributed by atoms with Crippen LogP contribution in [0.5, 0.6) is 5.75 Å². The summed E-state index contributed by atoms with van der Waals surface area (Å²) in [5.74, 6) is -4.71. The van der Waals surface area contributed by atoms with E-state index in [1.165, 1.54) is 4.90 Å². The summed E-state index contributed by atoms with van der Waals surface area (Å²) in [7, 11) is 0. The normalized spacial score (nSPS) is 34.0. The number of rotatable bonds is 3. The molecule has 2 heterocycles. The number of imide groups is 1. The molecule has 1 saturated carbocycles. The van der Waals surface area contributed by atoms with E-state index in [1.807, 2.05) is 18.2 Å². The predicted octanol–water partition coefficient (Wildman–Crippen LogP) is 2.59. The number of carbonyl (C=O) groups excluding carboxylic acids is 2. The van der Waals surface area contributed by atoms with Gasteiger partial charge in [0.2, 0.25) is 11.8 Å². The highest BCUT2D eigenvalue weighted by atomic mass is 16.6. The summed E-state index contributed by atoms with van der Waals surface area (Å²) in [6.07, 6.45) is 0.0199. The molecule has 0 aromatic heterocycles. The highest BCUT2D eigenvalue weighted by Crippen LogP contribution is 2.58. The third kappa shape index (κ3) is 2.92. The number of amides is 2. The SMILES string of the molecule is Cc1cc([C@@H]2C[C@H]3[C@H]4C(=O)N(c5ccccc5)C(=O)[C@H]4C[C@H](CO)[C@@]3(O)O2)cc(C)c1O. The van der Waals surface area contributed by atoms with Gasteiger partial charge in [-0.3, -0.25) is 14.5 Å². The molecule has 5 rings (SSSR count). The Labute approximate surface area is 186 Å². The first-order chi connectivity index (χ1) is 15.3. The Balaban J connectivity index is 1.53. The van der Waals surface area contributed by atoms with Gasteiger partial charge >= 0.3 is 0 Å². The molecule has 6 atom stereocenters. The lowest BCUT2D eigenvalue weighted by Gasteiger charge is -2.44.